The monoisotopic (exact) mass is 243 g/mol. The summed E-state index contributed by atoms with van der Waals surface area (Å²) in [6.45, 7) is 0. The summed E-state index contributed by atoms with van der Waals surface area (Å²) in [6, 6.07) is 1.84. The SMILES string of the molecule is NS(=O)(=O)c1ccc(F)c(Cl)c1Cl. The first-order valence-corrected chi connectivity index (χ1v) is 5.30. The van der Waals surface area contributed by atoms with Crippen molar-refractivity contribution in [2.75, 3.05) is 0 Å². The lowest BCUT2D eigenvalue weighted by Crippen LogP contribution is -2.12. The molecule has 0 heterocycles. The Morgan fingerprint density at radius 3 is 2.23 bits per heavy atom. The minimum absolute atomic E-state index is 0.388. The summed E-state index contributed by atoms with van der Waals surface area (Å²) in [5, 5.41) is 3.93. The first-order valence-electron chi connectivity index (χ1n) is 3.00. The molecule has 0 aromatic heterocycles. The zero-order valence-electron chi connectivity index (χ0n) is 6.09. The highest BCUT2D eigenvalue weighted by Gasteiger charge is 2.17. The van der Waals surface area contributed by atoms with Crippen molar-refractivity contribution < 1.29 is 12.8 Å². The number of rotatable bonds is 1. The zero-order valence-corrected chi connectivity index (χ0v) is 8.42. The normalized spacial score (nSPS) is 11.7. The van der Waals surface area contributed by atoms with Crippen molar-refractivity contribution in [2.45, 2.75) is 4.90 Å². The fraction of sp³-hybridized carbons (Fsp3) is 0. The summed E-state index contributed by atoms with van der Waals surface area (Å²) < 4.78 is 34.4. The van der Waals surface area contributed by atoms with Gasteiger partial charge in [0.25, 0.3) is 0 Å². The maximum Gasteiger partial charge on any atom is 0.239 e. The van der Waals surface area contributed by atoms with Crippen LogP contribution in [-0.2, 0) is 10.0 Å². The van der Waals surface area contributed by atoms with Crippen LogP contribution in [0.4, 0.5) is 4.39 Å². The third-order valence-electron chi connectivity index (χ3n) is 1.31. The molecule has 13 heavy (non-hydrogen) atoms. The summed E-state index contributed by atoms with van der Waals surface area (Å²) in [6.07, 6.45) is 0. The molecule has 7 heteroatoms. The Balaban J connectivity index is 3.53. The van der Waals surface area contributed by atoms with Gasteiger partial charge in [0, 0.05) is 0 Å². The molecule has 0 spiro atoms. The van der Waals surface area contributed by atoms with Crippen LogP contribution < -0.4 is 5.14 Å². The lowest BCUT2D eigenvalue weighted by atomic mass is 10.3. The standard InChI is InChI=1S/C6H4Cl2FNO2S/c7-5-3(9)1-2-4(6(5)8)13(10,11)12/h1-2H,(H2,10,11,12). The smallest absolute Gasteiger partial charge is 0.225 e. The third-order valence-corrected chi connectivity index (χ3v) is 3.23. The molecular formula is C6H4Cl2FNO2S. The van der Waals surface area contributed by atoms with E-state index in [1.54, 1.807) is 0 Å². The molecule has 3 nitrogen and oxygen atoms in total. The van der Waals surface area contributed by atoms with Gasteiger partial charge in [0.1, 0.15) is 10.7 Å². The van der Waals surface area contributed by atoms with Gasteiger partial charge in [0.15, 0.2) is 0 Å². The molecule has 72 valence electrons. The van der Waals surface area contributed by atoms with Crippen molar-refractivity contribution in [2.24, 2.45) is 5.14 Å². The van der Waals surface area contributed by atoms with Crippen LogP contribution in [0.15, 0.2) is 17.0 Å². The van der Waals surface area contributed by atoms with E-state index in [9.17, 15) is 12.8 Å². The van der Waals surface area contributed by atoms with Crippen LogP contribution in [0, 0.1) is 5.82 Å². The molecule has 0 aliphatic carbocycles. The van der Waals surface area contributed by atoms with Crippen LogP contribution in [0.2, 0.25) is 10.0 Å². The fourth-order valence-electron chi connectivity index (χ4n) is 0.728. The summed E-state index contributed by atoms with van der Waals surface area (Å²) >= 11 is 10.8. The Hall–Kier alpha value is -0.360. The van der Waals surface area contributed by atoms with Crippen molar-refractivity contribution in [3.8, 4) is 0 Å². The van der Waals surface area contributed by atoms with Crippen molar-refractivity contribution in [3.63, 3.8) is 0 Å². The van der Waals surface area contributed by atoms with Crippen LogP contribution in [-0.4, -0.2) is 8.42 Å². The Morgan fingerprint density at radius 2 is 1.77 bits per heavy atom. The summed E-state index contributed by atoms with van der Waals surface area (Å²) in [5.74, 6) is -0.793. The van der Waals surface area contributed by atoms with Gasteiger partial charge in [0.05, 0.1) is 10.0 Å². The van der Waals surface area contributed by atoms with Gasteiger partial charge in [-0.05, 0) is 12.1 Å². The third kappa shape index (κ3) is 2.11. The first kappa shape index (κ1) is 10.7. The van der Waals surface area contributed by atoms with E-state index in [4.69, 9.17) is 28.3 Å². The number of benzene rings is 1. The van der Waals surface area contributed by atoms with E-state index in [-0.39, 0.29) is 4.90 Å². The molecule has 0 radical (unpaired) electrons. The molecular weight excluding hydrogens is 240 g/mol. The molecule has 0 atom stereocenters. The zero-order chi connectivity index (χ0) is 10.2. The highest BCUT2D eigenvalue weighted by Crippen LogP contribution is 2.30. The Kier molecular flexibility index (Phi) is 2.82. The van der Waals surface area contributed by atoms with Gasteiger partial charge in [-0.15, -0.1) is 0 Å². The highest BCUT2D eigenvalue weighted by molar-refractivity contribution is 7.89. The van der Waals surface area contributed by atoms with E-state index < -0.39 is 25.9 Å². The summed E-state index contributed by atoms with van der Waals surface area (Å²) in [7, 11) is -3.96. The quantitative estimate of drug-likeness (QED) is 0.765. The molecule has 0 aliphatic heterocycles. The number of hydrogen-bond acceptors (Lipinski definition) is 2. The van der Waals surface area contributed by atoms with Crippen LogP contribution in [0.1, 0.15) is 0 Å². The van der Waals surface area contributed by atoms with Crippen molar-refractivity contribution in [1.82, 2.24) is 0 Å². The summed E-state index contributed by atoms with van der Waals surface area (Å²) in [4.78, 5) is -0.388. The van der Waals surface area contributed by atoms with Crippen molar-refractivity contribution in [1.29, 1.82) is 0 Å². The maximum absolute atomic E-state index is 12.7. The number of halogens is 3. The maximum atomic E-state index is 12.7. The predicted octanol–water partition coefficient (Wildman–Crippen LogP) is 1.78. The van der Waals surface area contributed by atoms with Gasteiger partial charge >= 0.3 is 0 Å². The number of primary sulfonamides is 1. The lowest BCUT2D eigenvalue weighted by Gasteiger charge is -2.03. The van der Waals surface area contributed by atoms with Gasteiger partial charge in [0.2, 0.25) is 10.0 Å². The Labute approximate surface area is 84.3 Å². The topological polar surface area (TPSA) is 60.2 Å². The van der Waals surface area contributed by atoms with E-state index in [2.05, 4.69) is 0 Å². The minimum Gasteiger partial charge on any atom is -0.225 e. The number of hydrogen-bond donors (Lipinski definition) is 1. The van der Waals surface area contributed by atoms with Crippen molar-refractivity contribution >= 4 is 33.2 Å². The van der Waals surface area contributed by atoms with E-state index in [1.807, 2.05) is 0 Å². The predicted molar refractivity (Wildman–Crippen MR) is 47.8 cm³/mol. The molecule has 2 N–H and O–H groups in total. The second kappa shape index (κ2) is 3.42. The van der Waals surface area contributed by atoms with Crippen LogP contribution >= 0.6 is 23.2 Å². The van der Waals surface area contributed by atoms with Gasteiger partial charge in [-0.2, -0.15) is 0 Å². The molecule has 1 aromatic rings. The van der Waals surface area contributed by atoms with Gasteiger partial charge in [-0.3, -0.25) is 0 Å². The molecule has 0 saturated carbocycles. The van der Waals surface area contributed by atoms with Crippen LogP contribution in [0.3, 0.4) is 0 Å². The van der Waals surface area contributed by atoms with Crippen LogP contribution in [0.5, 0.6) is 0 Å². The molecule has 0 amide bonds. The molecule has 0 unspecified atom stereocenters. The highest BCUT2D eigenvalue weighted by atomic mass is 35.5. The second-order valence-electron chi connectivity index (χ2n) is 2.22. The van der Waals surface area contributed by atoms with E-state index in [0.717, 1.165) is 12.1 Å². The Morgan fingerprint density at radius 1 is 1.23 bits per heavy atom. The average Bonchev–Trinajstić information content (AvgIpc) is 1.98. The lowest BCUT2D eigenvalue weighted by molar-refractivity contribution is 0.596. The fourth-order valence-corrected chi connectivity index (χ4v) is 2.03. The first-order chi connectivity index (χ1) is 5.84. The van der Waals surface area contributed by atoms with Crippen LogP contribution in [0.25, 0.3) is 0 Å². The number of sulfonamides is 1. The van der Waals surface area contributed by atoms with Crippen molar-refractivity contribution in [3.05, 3.63) is 28.0 Å². The van der Waals surface area contributed by atoms with Gasteiger partial charge in [-0.25, -0.2) is 17.9 Å². The molecule has 0 aliphatic rings. The molecule has 1 aromatic carbocycles. The van der Waals surface area contributed by atoms with Gasteiger partial charge < -0.3 is 0 Å². The van der Waals surface area contributed by atoms with E-state index >= 15 is 0 Å². The number of nitrogens with two attached hydrogens (primary N) is 1. The molecule has 0 fully saturated rings. The minimum atomic E-state index is -3.96. The average molecular weight is 244 g/mol. The molecule has 1 rings (SSSR count). The molecule has 0 bridgehead atoms. The Bertz CT molecular complexity index is 446. The molecule has 0 saturated heterocycles. The van der Waals surface area contributed by atoms with E-state index in [1.165, 1.54) is 0 Å². The summed E-state index contributed by atoms with van der Waals surface area (Å²) in [5.41, 5.74) is 0. The second-order valence-corrected chi connectivity index (χ2v) is 4.50. The van der Waals surface area contributed by atoms with Gasteiger partial charge in [-0.1, -0.05) is 23.2 Å². The largest absolute Gasteiger partial charge is 0.239 e. The van der Waals surface area contributed by atoms with E-state index in [0.29, 0.717) is 0 Å².